The topological polar surface area (TPSA) is 99.5 Å². The van der Waals surface area contributed by atoms with E-state index in [2.05, 4.69) is 15.6 Å². The Labute approximate surface area is 222 Å². The summed E-state index contributed by atoms with van der Waals surface area (Å²) in [4.78, 5) is 30.1. The Morgan fingerprint density at radius 1 is 1.22 bits per heavy atom. The van der Waals surface area contributed by atoms with E-state index >= 15 is 0 Å². The minimum Gasteiger partial charge on any atom is -0.478 e. The SMILES string of the molecule is Cn1c(Nc2c(Cl)ccc(CNC(=O)C(C)(C)C)c2Cl)nc2cc(C(=O)O)c(N3CCC(F)(F)C3)cc21. The number of alkyl halides is 2. The number of benzene rings is 2. The molecule has 2 aromatic carbocycles. The predicted molar refractivity (Wildman–Crippen MR) is 140 cm³/mol. The first-order chi connectivity index (χ1) is 17.2. The number of carbonyl (C=O) groups is 2. The molecule has 0 saturated carbocycles. The highest BCUT2D eigenvalue weighted by atomic mass is 35.5. The number of hydrogen-bond donors (Lipinski definition) is 3. The molecule has 0 spiro atoms. The third-order valence-corrected chi connectivity index (χ3v) is 7.01. The molecule has 3 N–H and O–H groups in total. The number of fused-ring (bicyclic) bond motifs is 1. The maximum atomic E-state index is 13.9. The average molecular weight is 554 g/mol. The van der Waals surface area contributed by atoms with E-state index in [1.165, 1.54) is 11.0 Å². The number of aromatic nitrogens is 2. The molecule has 1 fully saturated rings. The van der Waals surface area contributed by atoms with Crippen LogP contribution in [0.4, 0.5) is 26.1 Å². The molecule has 2 heterocycles. The van der Waals surface area contributed by atoms with Crippen LogP contribution in [0.3, 0.4) is 0 Å². The van der Waals surface area contributed by atoms with E-state index in [1.54, 1.807) is 50.6 Å². The van der Waals surface area contributed by atoms with Gasteiger partial charge in [-0.05, 0) is 23.8 Å². The molecule has 12 heteroatoms. The molecule has 8 nitrogen and oxygen atoms in total. The molecular formula is C25H27Cl2F2N5O3. The second-order valence-corrected chi connectivity index (χ2v) is 10.9. The van der Waals surface area contributed by atoms with Crippen molar-refractivity contribution in [2.24, 2.45) is 12.5 Å². The highest BCUT2D eigenvalue weighted by molar-refractivity contribution is 6.39. The number of nitrogens with zero attached hydrogens (tertiary/aromatic N) is 3. The molecule has 1 saturated heterocycles. The zero-order valence-corrected chi connectivity index (χ0v) is 22.3. The summed E-state index contributed by atoms with van der Waals surface area (Å²) >= 11 is 13.0. The third kappa shape index (κ3) is 5.45. The van der Waals surface area contributed by atoms with Gasteiger partial charge in [0.05, 0.1) is 44.6 Å². The Bertz CT molecular complexity index is 1400. The molecule has 1 aromatic heterocycles. The van der Waals surface area contributed by atoms with Crippen molar-refractivity contribution in [3.05, 3.63) is 45.4 Å². The second kappa shape index (κ2) is 9.64. The first kappa shape index (κ1) is 26.9. The zero-order valence-electron chi connectivity index (χ0n) is 20.8. The van der Waals surface area contributed by atoms with Gasteiger partial charge in [0.1, 0.15) is 0 Å². The molecule has 0 atom stereocenters. The van der Waals surface area contributed by atoms with E-state index < -0.39 is 23.9 Å². The van der Waals surface area contributed by atoms with Crippen LogP contribution in [0.25, 0.3) is 11.0 Å². The van der Waals surface area contributed by atoms with E-state index in [-0.39, 0.29) is 36.7 Å². The van der Waals surface area contributed by atoms with Crippen molar-refractivity contribution >= 4 is 63.4 Å². The van der Waals surface area contributed by atoms with Crippen LogP contribution in [0.15, 0.2) is 24.3 Å². The minimum atomic E-state index is -2.88. The van der Waals surface area contributed by atoms with E-state index in [0.29, 0.717) is 38.3 Å². The van der Waals surface area contributed by atoms with Crippen molar-refractivity contribution in [2.45, 2.75) is 39.7 Å². The van der Waals surface area contributed by atoms with Crippen molar-refractivity contribution in [3.8, 4) is 0 Å². The standard InChI is InChI=1S/C25H27Cl2F2N5O3/c1-24(2,3)22(37)30-11-13-5-6-15(26)20(19(13)27)32-23-31-16-9-14(21(35)36)17(10-18(16)33(23)4)34-8-7-25(28,29)12-34/h5-6,9-10H,7-8,11-12H2,1-4H3,(H,30,37)(H,31,32)(H,35,36). The number of hydrogen-bond acceptors (Lipinski definition) is 5. The van der Waals surface area contributed by atoms with Crippen LogP contribution in [0.2, 0.25) is 10.0 Å². The molecule has 1 aliphatic heterocycles. The monoisotopic (exact) mass is 553 g/mol. The van der Waals surface area contributed by atoms with E-state index in [4.69, 9.17) is 23.2 Å². The lowest BCUT2D eigenvalue weighted by Crippen LogP contribution is -2.34. The number of aromatic carboxylic acids is 1. The smallest absolute Gasteiger partial charge is 0.337 e. The fourth-order valence-electron chi connectivity index (χ4n) is 4.11. The van der Waals surface area contributed by atoms with Crippen molar-refractivity contribution in [2.75, 3.05) is 23.3 Å². The molecule has 37 heavy (non-hydrogen) atoms. The highest BCUT2D eigenvalue weighted by Gasteiger charge is 2.39. The van der Waals surface area contributed by atoms with Crippen LogP contribution >= 0.6 is 23.2 Å². The Balaban J connectivity index is 1.69. The van der Waals surface area contributed by atoms with Gasteiger partial charge in [-0.2, -0.15) is 0 Å². The number of carboxylic acid groups (broad SMARTS) is 1. The third-order valence-electron chi connectivity index (χ3n) is 6.27. The molecule has 1 amide bonds. The molecule has 4 rings (SSSR count). The molecule has 0 radical (unpaired) electrons. The van der Waals surface area contributed by atoms with Crippen LogP contribution in [-0.2, 0) is 18.4 Å². The van der Waals surface area contributed by atoms with Crippen LogP contribution in [0.5, 0.6) is 0 Å². The van der Waals surface area contributed by atoms with Gasteiger partial charge < -0.3 is 25.2 Å². The fourth-order valence-corrected chi connectivity index (χ4v) is 4.64. The van der Waals surface area contributed by atoms with Gasteiger partial charge in [0.15, 0.2) is 0 Å². The number of nitrogens with one attached hydrogen (secondary N) is 2. The van der Waals surface area contributed by atoms with Gasteiger partial charge in [-0.25, -0.2) is 18.6 Å². The number of carbonyl (C=O) groups excluding carboxylic acids is 1. The quantitative estimate of drug-likeness (QED) is 0.355. The maximum absolute atomic E-state index is 13.9. The van der Waals surface area contributed by atoms with Gasteiger partial charge in [0.2, 0.25) is 11.9 Å². The molecule has 3 aromatic rings. The number of aryl methyl sites for hydroxylation is 1. The largest absolute Gasteiger partial charge is 0.478 e. The molecule has 1 aliphatic rings. The van der Waals surface area contributed by atoms with Gasteiger partial charge in [-0.15, -0.1) is 0 Å². The predicted octanol–water partition coefficient (Wildman–Crippen LogP) is 5.83. The van der Waals surface area contributed by atoms with Crippen LogP contribution < -0.4 is 15.5 Å². The van der Waals surface area contributed by atoms with Gasteiger partial charge in [-0.1, -0.05) is 50.0 Å². The first-order valence-electron chi connectivity index (χ1n) is 11.6. The number of anilines is 3. The lowest BCUT2D eigenvalue weighted by atomic mass is 9.95. The van der Waals surface area contributed by atoms with Crippen molar-refractivity contribution in [1.82, 2.24) is 14.9 Å². The lowest BCUT2D eigenvalue weighted by molar-refractivity contribution is -0.128. The maximum Gasteiger partial charge on any atom is 0.337 e. The van der Waals surface area contributed by atoms with Gasteiger partial charge in [0.25, 0.3) is 5.92 Å². The summed E-state index contributed by atoms with van der Waals surface area (Å²) in [5.41, 5.74) is 1.43. The molecular weight excluding hydrogens is 527 g/mol. The Kier molecular flexibility index (Phi) is 7.02. The summed E-state index contributed by atoms with van der Waals surface area (Å²) in [5.74, 6) is -3.93. The Hall–Kier alpha value is -3.11. The molecule has 0 aliphatic carbocycles. The Morgan fingerprint density at radius 3 is 2.51 bits per heavy atom. The summed E-state index contributed by atoms with van der Waals surface area (Å²) in [6.45, 7) is 5.11. The summed E-state index contributed by atoms with van der Waals surface area (Å²) < 4.78 is 29.4. The van der Waals surface area contributed by atoms with Gasteiger partial charge in [0, 0.05) is 32.0 Å². The first-order valence-corrected chi connectivity index (χ1v) is 12.3. The summed E-state index contributed by atoms with van der Waals surface area (Å²) in [7, 11) is 1.70. The van der Waals surface area contributed by atoms with Crippen molar-refractivity contribution in [1.29, 1.82) is 0 Å². The molecule has 0 bridgehead atoms. The number of rotatable bonds is 6. The minimum absolute atomic E-state index is 0.0471. The zero-order chi connectivity index (χ0) is 27.3. The van der Waals surface area contributed by atoms with Crippen LogP contribution in [0.1, 0.15) is 43.1 Å². The number of halogens is 4. The van der Waals surface area contributed by atoms with Gasteiger partial charge in [-0.3, -0.25) is 4.79 Å². The van der Waals surface area contributed by atoms with Crippen molar-refractivity contribution in [3.63, 3.8) is 0 Å². The summed E-state index contributed by atoms with van der Waals surface area (Å²) in [6, 6.07) is 6.28. The number of carboxylic acids is 1. The lowest BCUT2D eigenvalue weighted by Gasteiger charge is -2.20. The summed E-state index contributed by atoms with van der Waals surface area (Å²) in [5, 5.41) is 16.3. The molecule has 0 unspecified atom stereocenters. The number of amides is 1. The van der Waals surface area contributed by atoms with E-state index in [0.717, 1.165) is 0 Å². The van der Waals surface area contributed by atoms with E-state index in [1.807, 2.05) is 0 Å². The Morgan fingerprint density at radius 2 is 1.92 bits per heavy atom. The van der Waals surface area contributed by atoms with Crippen molar-refractivity contribution < 1.29 is 23.5 Å². The van der Waals surface area contributed by atoms with Gasteiger partial charge >= 0.3 is 5.97 Å². The van der Waals surface area contributed by atoms with E-state index in [9.17, 15) is 23.5 Å². The van der Waals surface area contributed by atoms with Crippen LogP contribution in [-0.4, -0.2) is 45.5 Å². The molecule has 198 valence electrons. The summed E-state index contributed by atoms with van der Waals surface area (Å²) in [6.07, 6.45) is -0.341. The number of imidazole rings is 1. The second-order valence-electron chi connectivity index (χ2n) is 10.1. The fraction of sp³-hybridized carbons (Fsp3) is 0.400. The normalized spacial score (nSPS) is 15.3. The average Bonchev–Trinajstić information content (AvgIpc) is 3.32. The van der Waals surface area contributed by atoms with Crippen LogP contribution in [0, 0.1) is 5.41 Å². The highest BCUT2D eigenvalue weighted by Crippen LogP contribution is 2.38.